The molecule has 0 radical (unpaired) electrons. The highest BCUT2D eigenvalue weighted by Gasteiger charge is 2.40. The molecule has 0 spiro atoms. The van der Waals surface area contributed by atoms with Gasteiger partial charge in [-0.3, -0.25) is 9.89 Å². The highest BCUT2D eigenvalue weighted by atomic mass is 19.1. The number of rotatable bonds is 5. The molecule has 2 heterocycles. The van der Waals surface area contributed by atoms with Gasteiger partial charge in [0.05, 0.1) is 24.7 Å². The Morgan fingerprint density at radius 1 is 1.28 bits per heavy atom. The summed E-state index contributed by atoms with van der Waals surface area (Å²) >= 11 is 0. The summed E-state index contributed by atoms with van der Waals surface area (Å²) < 4.78 is 37.1. The number of carboxylic acid groups (broad SMARTS) is 1. The molecule has 1 aliphatic carbocycles. The van der Waals surface area contributed by atoms with Crippen molar-refractivity contribution in [3.8, 4) is 11.4 Å². The number of fused-ring (bicyclic) bond motifs is 2. The lowest BCUT2D eigenvalue weighted by atomic mass is 9.70. The fourth-order valence-electron chi connectivity index (χ4n) is 4.95. The summed E-state index contributed by atoms with van der Waals surface area (Å²) in [5.74, 6) is -2.11. The van der Waals surface area contributed by atoms with Crippen LogP contribution < -0.4 is 4.74 Å². The van der Waals surface area contributed by atoms with Crippen LogP contribution in [0, 0.1) is 17.6 Å². The predicted molar refractivity (Wildman–Crippen MR) is 117 cm³/mol. The third-order valence-electron chi connectivity index (χ3n) is 6.52. The Morgan fingerprint density at radius 2 is 2.03 bits per heavy atom. The minimum atomic E-state index is -0.823. The lowest BCUT2D eigenvalue weighted by Crippen LogP contribution is -2.29. The van der Waals surface area contributed by atoms with Gasteiger partial charge in [0.1, 0.15) is 5.52 Å². The van der Waals surface area contributed by atoms with Crippen LogP contribution in [0.3, 0.4) is 0 Å². The van der Waals surface area contributed by atoms with Crippen LogP contribution >= 0.6 is 0 Å². The highest BCUT2D eigenvalue weighted by molar-refractivity contribution is 6.00. The molecule has 2 N–H and O–H groups in total. The molecule has 2 aromatic carbocycles. The molecule has 0 bridgehead atoms. The lowest BCUT2D eigenvalue weighted by molar-refractivity contribution is -0.145. The molecule has 5 rings (SSSR count). The van der Waals surface area contributed by atoms with Gasteiger partial charge in [-0.1, -0.05) is 13.8 Å². The number of aromatic amines is 1. The zero-order chi connectivity index (χ0) is 22.7. The number of carboxylic acids is 1. The Hall–Kier alpha value is -3.42. The van der Waals surface area contributed by atoms with Crippen molar-refractivity contribution < 1.29 is 23.4 Å². The number of hydrogen-bond acceptors (Lipinski definition) is 3. The normalized spacial score (nSPS) is 18.4. The number of ether oxygens (including phenoxy) is 1. The van der Waals surface area contributed by atoms with Crippen molar-refractivity contribution in [1.29, 1.82) is 0 Å². The molecule has 1 fully saturated rings. The number of H-pyrrole nitrogens is 1. The molecule has 1 saturated carbocycles. The van der Waals surface area contributed by atoms with Crippen molar-refractivity contribution in [3.63, 3.8) is 0 Å². The van der Waals surface area contributed by atoms with Crippen molar-refractivity contribution in [2.75, 3.05) is 7.11 Å². The largest absolute Gasteiger partial charge is 0.494 e. The first-order valence-corrected chi connectivity index (χ1v) is 10.6. The van der Waals surface area contributed by atoms with Gasteiger partial charge in [-0.25, -0.2) is 8.78 Å². The quantitative estimate of drug-likeness (QED) is 0.431. The summed E-state index contributed by atoms with van der Waals surface area (Å²) in [6.45, 7) is 4.04. The summed E-state index contributed by atoms with van der Waals surface area (Å²) in [5.41, 5.74) is 3.32. The number of halogens is 2. The Labute approximate surface area is 182 Å². The maximum absolute atomic E-state index is 15.8. The Bertz CT molecular complexity index is 1370. The molecule has 0 amide bonds. The van der Waals surface area contributed by atoms with Crippen LogP contribution in [0.1, 0.15) is 49.8 Å². The molecule has 0 atom stereocenters. The summed E-state index contributed by atoms with van der Waals surface area (Å²) in [5, 5.41) is 17.2. The number of carbonyl (C=O) groups is 1. The average molecular weight is 439 g/mol. The fraction of sp³-hybridized carbons (Fsp3) is 0.333. The van der Waals surface area contributed by atoms with Gasteiger partial charge in [0.25, 0.3) is 0 Å². The van der Waals surface area contributed by atoms with E-state index in [0.29, 0.717) is 40.3 Å². The maximum atomic E-state index is 15.8. The smallest absolute Gasteiger partial charge is 0.306 e. The standard InChI is InChI=1S/C24H23F2N3O3/c1-11(2)23-19(12-6-13(7-12)24(30)31)20-17(8-14-10-27-28-22(14)21(20)26)29(23)15-4-5-16(25)18(9-15)32-3/h4-5,8-13H,6-7H2,1-3H3,(H,27,28)(H,30,31)/t12-,13-. The van der Waals surface area contributed by atoms with Crippen LogP contribution in [0.25, 0.3) is 27.5 Å². The average Bonchev–Trinajstić information content (AvgIpc) is 3.31. The van der Waals surface area contributed by atoms with Crippen molar-refractivity contribution >= 4 is 27.8 Å². The Balaban J connectivity index is 1.86. The zero-order valence-corrected chi connectivity index (χ0v) is 17.9. The second-order valence-corrected chi connectivity index (χ2v) is 8.73. The SMILES string of the molecule is COc1cc(-n2c(C(C)C)c([C@H]3C[C@H](C(=O)O)C3)c3c(F)c4[nH]ncc4cc32)ccc1F. The molecule has 1 aliphatic rings. The first-order valence-electron chi connectivity index (χ1n) is 10.6. The molecule has 0 unspecified atom stereocenters. The van der Waals surface area contributed by atoms with Crippen LogP contribution in [0.15, 0.2) is 30.5 Å². The third-order valence-corrected chi connectivity index (χ3v) is 6.52. The molecule has 166 valence electrons. The van der Waals surface area contributed by atoms with E-state index in [1.54, 1.807) is 18.3 Å². The van der Waals surface area contributed by atoms with Gasteiger partial charge in [0, 0.05) is 28.2 Å². The number of nitrogens with zero attached hydrogens (tertiary/aromatic N) is 2. The van der Waals surface area contributed by atoms with Crippen molar-refractivity contribution in [2.24, 2.45) is 5.92 Å². The number of hydrogen-bond donors (Lipinski definition) is 2. The topological polar surface area (TPSA) is 80.1 Å². The van der Waals surface area contributed by atoms with Gasteiger partial charge in [0.15, 0.2) is 17.4 Å². The molecule has 4 aromatic rings. The van der Waals surface area contributed by atoms with Gasteiger partial charge in [-0.15, -0.1) is 0 Å². The monoisotopic (exact) mass is 439 g/mol. The summed E-state index contributed by atoms with van der Waals surface area (Å²) in [4.78, 5) is 11.4. The molecule has 32 heavy (non-hydrogen) atoms. The van der Waals surface area contributed by atoms with Crippen LogP contribution in [0.2, 0.25) is 0 Å². The maximum Gasteiger partial charge on any atom is 0.306 e. The second-order valence-electron chi connectivity index (χ2n) is 8.73. The molecule has 8 heteroatoms. The number of benzene rings is 2. The summed E-state index contributed by atoms with van der Waals surface area (Å²) in [6.07, 6.45) is 2.49. The molecule has 0 saturated heterocycles. The third kappa shape index (κ3) is 2.89. The fourth-order valence-corrected chi connectivity index (χ4v) is 4.95. The minimum Gasteiger partial charge on any atom is -0.494 e. The van der Waals surface area contributed by atoms with Crippen LogP contribution in [0.5, 0.6) is 5.75 Å². The van der Waals surface area contributed by atoms with E-state index in [0.717, 1.165) is 11.3 Å². The predicted octanol–water partition coefficient (Wildman–Crippen LogP) is 5.50. The second kappa shape index (κ2) is 7.32. The van der Waals surface area contributed by atoms with Crippen LogP contribution in [0.4, 0.5) is 8.78 Å². The van der Waals surface area contributed by atoms with Gasteiger partial charge < -0.3 is 14.4 Å². The number of aromatic nitrogens is 3. The summed E-state index contributed by atoms with van der Waals surface area (Å²) in [6, 6.07) is 6.45. The lowest BCUT2D eigenvalue weighted by Gasteiger charge is -2.34. The molecular weight excluding hydrogens is 416 g/mol. The van der Waals surface area contributed by atoms with E-state index in [2.05, 4.69) is 10.2 Å². The summed E-state index contributed by atoms with van der Waals surface area (Å²) in [7, 11) is 1.40. The van der Waals surface area contributed by atoms with E-state index in [9.17, 15) is 14.3 Å². The first kappa shape index (κ1) is 20.5. The van der Waals surface area contributed by atoms with Crippen molar-refractivity contribution in [1.82, 2.24) is 14.8 Å². The number of methoxy groups -OCH3 is 1. The molecule has 2 aromatic heterocycles. The minimum absolute atomic E-state index is 0.00759. The van der Waals surface area contributed by atoms with E-state index in [1.165, 1.54) is 13.2 Å². The van der Waals surface area contributed by atoms with E-state index < -0.39 is 23.5 Å². The molecular formula is C24H23F2N3O3. The van der Waals surface area contributed by atoms with E-state index in [1.807, 2.05) is 24.5 Å². The zero-order valence-electron chi connectivity index (χ0n) is 17.9. The van der Waals surface area contributed by atoms with Gasteiger partial charge in [-0.2, -0.15) is 5.10 Å². The highest BCUT2D eigenvalue weighted by Crippen LogP contribution is 2.50. The van der Waals surface area contributed by atoms with Crippen LogP contribution in [-0.4, -0.2) is 33.0 Å². The van der Waals surface area contributed by atoms with Gasteiger partial charge >= 0.3 is 5.97 Å². The van der Waals surface area contributed by atoms with Crippen molar-refractivity contribution in [3.05, 3.63) is 53.4 Å². The van der Waals surface area contributed by atoms with Crippen molar-refractivity contribution in [2.45, 2.75) is 38.5 Å². The number of nitrogens with one attached hydrogen (secondary N) is 1. The Kier molecular flexibility index (Phi) is 4.69. The Morgan fingerprint density at radius 3 is 2.69 bits per heavy atom. The number of aliphatic carboxylic acids is 1. The van der Waals surface area contributed by atoms with E-state index >= 15 is 4.39 Å². The van der Waals surface area contributed by atoms with E-state index in [4.69, 9.17) is 4.74 Å². The van der Waals surface area contributed by atoms with Crippen LogP contribution in [-0.2, 0) is 4.79 Å². The molecule has 6 nitrogen and oxygen atoms in total. The first-order chi connectivity index (χ1) is 15.3. The molecule has 0 aliphatic heterocycles. The van der Waals surface area contributed by atoms with E-state index in [-0.39, 0.29) is 17.6 Å². The van der Waals surface area contributed by atoms with Gasteiger partial charge in [0.2, 0.25) is 0 Å². The van der Waals surface area contributed by atoms with Gasteiger partial charge in [-0.05, 0) is 48.4 Å².